The van der Waals surface area contributed by atoms with Crippen LogP contribution in [0.5, 0.6) is 0 Å². The number of halogens is 2. The van der Waals surface area contributed by atoms with Crippen molar-refractivity contribution in [3.8, 4) is 0 Å². The largest absolute Gasteiger partial charge is 0.339 e. The molecule has 0 aromatic heterocycles. The maximum atomic E-state index is 14.4. The Labute approximate surface area is 167 Å². The van der Waals surface area contributed by atoms with Crippen LogP contribution in [-0.4, -0.2) is 29.2 Å². The van der Waals surface area contributed by atoms with Gasteiger partial charge < -0.3 is 11.1 Å². The Morgan fingerprint density at radius 1 is 1.25 bits per heavy atom. The molecule has 0 spiro atoms. The number of carbonyl (C=O) groups is 1. The van der Waals surface area contributed by atoms with Gasteiger partial charge in [0, 0.05) is 12.1 Å². The Morgan fingerprint density at radius 2 is 2.00 bits per heavy atom. The molecule has 0 fully saturated rings. The molecular weight excluding hydrogens is 382 g/mol. The van der Waals surface area contributed by atoms with Gasteiger partial charge in [-0.3, -0.25) is 0 Å². The van der Waals surface area contributed by atoms with Gasteiger partial charge in [0.25, 0.3) is 0 Å². The Kier molecular flexibility index (Phi) is 6.31. The Hall–Kier alpha value is -2.45. The Morgan fingerprint density at radius 3 is 2.68 bits per heavy atom. The fraction of sp³-hybridized carbons (Fsp3) is 0.300. The minimum atomic E-state index is -0.895. The summed E-state index contributed by atoms with van der Waals surface area (Å²) >= 11 is 1.24. The van der Waals surface area contributed by atoms with Crippen LogP contribution in [0.25, 0.3) is 0 Å². The summed E-state index contributed by atoms with van der Waals surface area (Å²) in [5, 5.41) is 8.76. The fourth-order valence-corrected chi connectivity index (χ4v) is 4.54. The molecule has 28 heavy (non-hydrogen) atoms. The van der Waals surface area contributed by atoms with Crippen molar-refractivity contribution in [1.29, 1.82) is 0 Å². The number of thioether (sulfide) groups is 1. The second-order valence-corrected chi connectivity index (χ2v) is 7.59. The van der Waals surface area contributed by atoms with Gasteiger partial charge in [-0.15, -0.1) is 0 Å². The molecular formula is C20H22F2N4OS. The molecule has 148 valence electrons. The van der Waals surface area contributed by atoms with Crippen molar-refractivity contribution < 1.29 is 13.6 Å². The lowest BCUT2D eigenvalue weighted by Gasteiger charge is -2.35. The summed E-state index contributed by atoms with van der Waals surface area (Å²) in [5.74, 6) is -1.16. The summed E-state index contributed by atoms with van der Waals surface area (Å²) in [5.41, 5.74) is 6.61. The summed E-state index contributed by atoms with van der Waals surface area (Å²) in [7, 11) is 0. The van der Waals surface area contributed by atoms with Gasteiger partial charge in [-0.25, -0.2) is 13.6 Å². The van der Waals surface area contributed by atoms with Crippen LogP contribution in [0.4, 0.5) is 13.6 Å². The number of nitrogens with one attached hydrogen (secondary N) is 1. The quantitative estimate of drug-likeness (QED) is 0.765. The molecule has 1 aliphatic heterocycles. The summed E-state index contributed by atoms with van der Waals surface area (Å²) in [6, 6.07) is 12.2. The van der Waals surface area contributed by atoms with Crippen LogP contribution in [-0.2, 0) is 4.87 Å². The van der Waals surface area contributed by atoms with Crippen LogP contribution in [0.15, 0.2) is 53.6 Å². The average molecular weight is 404 g/mol. The van der Waals surface area contributed by atoms with Crippen molar-refractivity contribution in [3.05, 3.63) is 71.3 Å². The van der Waals surface area contributed by atoms with E-state index < -0.39 is 22.5 Å². The second-order valence-electron chi connectivity index (χ2n) is 6.32. The number of hydrazone groups is 1. The van der Waals surface area contributed by atoms with Crippen LogP contribution in [0.1, 0.15) is 30.9 Å². The first-order valence-electron chi connectivity index (χ1n) is 9.08. The number of urea groups is 1. The van der Waals surface area contributed by atoms with E-state index in [4.69, 9.17) is 5.73 Å². The predicted octanol–water partition coefficient (Wildman–Crippen LogP) is 4.00. The van der Waals surface area contributed by atoms with Gasteiger partial charge in [-0.2, -0.15) is 10.1 Å². The van der Waals surface area contributed by atoms with E-state index in [0.29, 0.717) is 25.9 Å². The van der Waals surface area contributed by atoms with Crippen LogP contribution >= 0.6 is 11.8 Å². The van der Waals surface area contributed by atoms with E-state index in [-0.39, 0.29) is 10.6 Å². The average Bonchev–Trinajstić information content (AvgIpc) is 3.10. The van der Waals surface area contributed by atoms with Crippen molar-refractivity contribution in [2.24, 2.45) is 10.8 Å². The van der Waals surface area contributed by atoms with Crippen LogP contribution in [0.3, 0.4) is 0 Å². The first kappa shape index (κ1) is 20.3. The minimum absolute atomic E-state index is 0.0323. The van der Waals surface area contributed by atoms with E-state index in [1.165, 1.54) is 16.8 Å². The molecule has 8 heteroatoms. The Bertz CT molecular complexity index is 878. The SMILES string of the molecule is CCNC(=O)N1N=C(c2cc(F)ccc2F)SC1(CCCN)c1ccccc1. The first-order valence-corrected chi connectivity index (χ1v) is 9.90. The molecule has 0 radical (unpaired) electrons. The van der Waals surface area contributed by atoms with E-state index in [0.717, 1.165) is 23.8 Å². The molecule has 5 nitrogen and oxygen atoms in total. The standard InChI is InChI=1S/C20H22F2N4OS/c1-2-24-19(27)26-20(11-6-12-23,14-7-4-3-5-8-14)28-18(25-26)16-13-15(21)9-10-17(16)22/h3-5,7-10,13H,2,6,11-12,23H2,1H3,(H,24,27). The van der Waals surface area contributed by atoms with E-state index in [1.54, 1.807) is 0 Å². The van der Waals surface area contributed by atoms with Gasteiger partial charge >= 0.3 is 6.03 Å². The molecule has 3 N–H and O–H groups in total. The molecule has 1 unspecified atom stereocenters. The minimum Gasteiger partial charge on any atom is -0.337 e. The fourth-order valence-electron chi connectivity index (χ4n) is 3.12. The van der Waals surface area contributed by atoms with Crippen molar-refractivity contribution in [2.45, 2.75) is 24.6 Å². The summed E-state index contributed by atoms with van der Waals surface area (Å²) in [4.78, 5) is 11.9. The smallest absolute Gasteiger partial charge is 0.337 e. The van der Waals surface area contributed by atoms with Gasteiger partial charge in [0.15, 0.2) is 0 Å². The van der Waals surface area contributed by atoms with Crippen molar-refractivity contribution in [3.63, 3.8) is 0 Å². The zero-order valence-electron chi connectivity index (χ0n) is 15.5. The van der Waals surface area contributed by atoms with E-state index in [9.17, 15) is 13.6 Å². The molecule has 1 heterocycles. The topological polar surface area (TPSA) is 70.7 Å². The zero-order valence-corrected chi connectivity index (χ0v) is 16.3. The number of nitrogens with zero attached hydrogens (tertiary/aromatic N) is 2. The lowest BCUT2D eigenvalue weighted by atomic mass is 10.0. The molecule has 1 atom stereocenters. The van der Waals surface area contributed by atoms with E-state index in [2.05, 4.69) is 10.4 Å². The number of benzene rings is 2. The maximum absolute atomic E-state index is 14.4. The van der Waals surface area contributed by atoms with Gasteiger partial charge in [-0.05, 0) is 50.1 Å². The number of amides is 2. The number of hydrogen-bond acceptors (Lipinski definition) is 4. The second kappa shape index (κ2) is 8.70. The van der Waals surface area contributed by atoms with Crippen molar-refractivity contribution in [2.75, 3.05) is 13.1 Å². The first-order chi connectivity index (χ1) is 13.5. The molecule has 0 aliphatic carbocycles. The summed E-state index contributed by atoms with van der Waals surface area (Å²) in [6.07, 6.45) is 1.14. The van der Waals surface area contributed by atoms with E-state index >= 15 is 0 Å². The lowest BCUT2D eigenvalue weighted by molar-refractivity contribution is 0.163. The molecule has 0 saturated heterocycles. The highest BCUT2D eigenvalue weighted by molar-refractivity contribution is 8.15. The van der Waals surface area contributed by atoms with Crippen molar-refractivity contribution >= 4 is 22.8 Å². The highest BCUT2D eigenvalue weighted by atomic mass is 32.2. The molecule has 3 rings (SSSR count). The number of carbonyl (C=O) groups excluding carboxylic acids is 1. The third kappa shape index (κ3) is 3.88. The molecule has 2 aromatic carbocycles. The number of nitrogens with two attached hydrogens (primary N) is 1. The number of rotatable bonds is 6. The summed E-state index contributed by atoms with van der Waals surface area (Å²) in [6.45, 7) is 2.66. The molecule has 2 aromatic rings. The summed E-state index contributed by atoms with van der Waals surface area (Å²) < 4.78 is 28.2. The van der Waals surface area contributed by atoms with Crippen LogP contribution in [0.2, 0.25) is 0 Å². The van der Waals surface area contributed by atoms with E-state index in [1.807, 2.05) is 37.3 Å². The third-order valence-electron chi connectivity index (χ3n) is 4.42. The predicted molar refractivity (Wildman–Crippen MR) is 108 cm³/mol. The highest BCUT2D eigenvalue weighted by Crippen LogP contribution is 2.50. The zero-order chi connectivity index (χ0) is 20.1. The molecule has 1 aliphatic rings. The van der Waals surface area contributed by atoms with Gasteiger partial charge in [0.2, 0.25) is 0 Å². The molecule has 0 saturated carbocycles. The Balaban J connectivity index is 2.12. The highest BCUT2D eigenvalue weighted by Gasteiger charge is 2.48. The number of hydrogen-bond donors (Lipinski definition) is 2. The van der Waals surface area contributed by atoms with Crippen LogP contribution in [0, 0.1) is 11.6 Å². The molecule has 2 amide bonds. The maximum Gasteiger partial charge on any atom is 0.339 e. The third-order valence-corrected chi connectivity index (χ3v) is 5.87. The van der Waals surface area contributed by atoms with Crippen LogP contribution < -0.4 is 11.1 Å². The monoisotopic (exact) mass is 404 g/mol. The normalized spacial score (nSPS) is 18.9. The van der Waals surface area contributed by atoms with Crippen molar-refractivity contribution in [1.82, 2.24) is 10.3 Å². The lowest BCUT2D eigenvalue weighted by Crippen LogP contribution is -2.46. The van der Waals surface area contributed by atoms with Gasteiger partial charge in [0.05, 0.1) is 0 Å². The van der Waals surface area contributed by atoms with Gasteiger partial charge in [0.1, 0.15) is 21.5 Å². The van der Waals surface area contributed by atoms with Gasteiger partial charge in [-0.1, -0.05) is 42.1 Å². The molecule has 0 bridgehead atoms.